The van der Waals surface area contributed by atoms with Crippen LogP contribution >= 0.6 is 23.9 Å². The summed E-state index contributed by atoms with van der Waals surface area (Å²) in [6.07, 6.45) is 12.1. The van der Waals surface area contributed by atoms with Gasteiger partial charge in [0.05, 0.1) is 0 Å². The van der Waals surface area contributed by atoms with Gasteiger partial charge in [0.1, 0.15) is 0 Å². The predicted octanol–water partition coefficient (Wildman–Crippen LogP) is 1.14. The molecule has 2 aliphatic carbocycles. The summed E-state index contributed by atoms with van der Waals surface area (Å²) in [5.41, 5.74) is 8.64. The molecule has 0 spiro atoms. The minimum absolute atomic E-state index is 0.478. The second kappa shape index (κ2) is 12.9. The van der Waals surface area contributed by atoms with Crippen LogP contribution in [0.15, 0.2) is 0 Å². The number of nitrogens with two attached hydrogens (primary N) is 2. The Balaban J connectivity index is 0.000000487. The van der Waals surface area contributed by atoms with Gasteiger partial charge in [0.25, 0.3) is 0 Å². The van der Waals surface area contributed by atoms with Crippen LogP contribution in [0.3, 0.4) is 0 Å². The molecule has 0 aromatic heterocycles. The Bertz CT molecular complexity index is 449. The van der Waals surface area contributed by atoms with E-state index in [0.29, 0.717) is 10.5 Å². The maximum absolute atomic E-state index is 11.7. The Labute approximate surface area is 162 Å². The average molecular weight is 405 g/mol. The zero-order chi connectivity index (χ0) is 19.4. The van der Waals surface area contributed by atoms with Gasteiger partial charge >= 0.3 is 23.6 Å². The molecule has 0 aliphatic heterocycles. The fraction of sp³-hybridized carbons (Fsp3) is 0.750. The first-order chi connectivity index (χ1) is 12.4. The fourth-order valence-corrected chi connectivity index (χ4v) is 4.60. The number of hydrogen-bond acceptors (Lipinski definition) is 6. The molecule has 0 aromatic rings. The Morgan fingerprint density at radius 3 is 1.19 bits per heavy atom. The largest absolute Gasteiger partial charge is 0.361 e. The van der Waals surface area contributed by atoms with Crippen LogP contribution < -0.4 is 20.9 Å². The van der Waals surface area contributed by atoms with Crippen molar-refractivity contribution in [3.05, 3.63) is 0 Å². The first-order valence-corrected chi connectivity index (χ1v) is 10.7. The topological polar surface area (TPSA) is 144 Å². The zero-order valence-electron chi connectivity index (χ0n) is 14.8. The van der Waals surface area contributed by atoms with E-state index in [9.17, 15) is 19.2 Å². The van der Waals surface area contributed by atoms with Crippen molar-refractivity contribution < 1.29 is 19.2 Å². The van der Waals surface area contributed by atoms with Crippen molar-refractivity contribution in [2.75, 3.05) is 0 Å². The minimum atomic E-state index is -1.10. The van der Waals surface area contributed by atoms with E-state index < -0.39 is 23.6 Å². The van der Waals surface area contributed by atoms with Gasteiger partial charge in [-0.15, -0.1) is 0 Å². The van der Waals surface area contributed by atoms with E-state index in [1.54, 1.807) is 0 Å². The number of carbonyl (C=O) groups excluding carboxylic acids is 4. The second-order valence-electron chi connectivity index (χ2n) is 6.35. The van der Waals surface area contributed by atoms with Gasteiger partial charge in [-0.2, -0.15) is 0 Å². The molecule has 26 heavy (non-hydrogen) atoms. The molecule has 2 rings (SSSR count). The maximum atomic E-state index is 11.7. The summed E-state index contributed by atoms with van der Waals surface area (Å²) in [7, 11) is 0. The van der Waals surface area contributed by atoms with Gasteiger partial charge in [-0.05, 0) is 49.6 Å². The monoisotopic (exact) mass is 404 g/mol. The van der Waals surface area contributed by atoms with Crippen LogP contribution in [0.5, 0.6) is 0 Å². The molecule has 2 saturated carbocycles. The molecule has 10 heteroatoms. The highest BCUT2D eigenvalue weighted by Gasteiger charge is 2.20. The van der Waals surface area contributed by atoms with E-state index in [2.05, 4.69) is 20.9 Å². The lowest BCUT2D eigenvalue weighted by atomic mass is 10.0. The second-order valence-corrected chi connectivity index (χ2v) is 8.56. The summed E-state index contributed by atoms with van der Waals surface area (Å²) < 4.78 is 5.38. The molecule has 4 amide bonds. The molecule has 0 saturated heterocycles. The molecular weight excluding hydrogens is 376 g/mol. The standard InChI is InChI=1S/C14H24N2O2S2.C2H4N2O2/c17-13(15-19-11-7-3-1-4-8-11)14(18)16-20-12-9-5-2-6-10-12;3-1(5)2(4)6/h11-12H,1-10H2,(H,15,17)(H,16,18);(H2,3,5)(H2,4,6). The van der Waals surface area contributed by atoms with Crippen molar-refractivity contribution in [1.82, 2.24) is 9.44 Å². The zero-order valence-corrected chi connectivity index (χ0v) is 16.5. The Hall–Kier alpha value is -1.42. The maximum Gasteiger partial charge on any atom is 0.320 e. The van der Waals surface area contributed by atoms with Crippen molar-refractivity contribution in [2.24, 2.45) is 11.5 Å². The molecule has 8 nitrogen and oxygen atoms in total. The van der Waals surface area contributed by atoms with Gasteiger partial charge in [0.2, 0.25) is 0 Å². The Kier molecular flexibility index (Phi) is 11.2. The highest BCUT2D eigenvalue weighted by Crippen LogP contribution is 2.27. The number of nitrogens with one attached hydrogen (secondary N) is 2. The molecule has 0 aromatic carbocycles. The molecule has 6 N–H and O–H groups in total. The van der Waals surface area contributed by atoms with Crippen LogP contribution in [0.2, 0.25) is 0 Å². The van der Waals surface area contributed by atoms with Crippen molar-refractivity contribution in [2.45, 2.75) is 74.7 Å². The molecule has 148 valence electrons. The lowest BCUT2D eigenvalue weighted by molar-refractivity contribution is -0.136. The fourth-order valence-electron chi connectivity index (χ4n) is 2.73. The highest BCUT2D eigenvalue weighted by atomic mass is 32.2. The molecule has 0 atom stereocenters. The van der Waals surface area contributed by atoms with E-state index in [-0.39, 0.29) is 0 Å². The first-order valence-electron chi connectivity index (χ1n) is 8.91. The average Bonchev–Trinajstić information content (AvgIpc) is 2.66. The predicted molar refractivity (Wildman–Crippen MR) is 104 cm³/mol. The third kappa shape index (κ3) is 9.91. The number of amides is 4. The van der Waals surface area contributed by atoms with Gasteiger partial charge < -0.3 is 11.5 Å². The van der Waals surface area contributed by atoms with Gasteiger partial charge in [0.15, 0.2) is 0 Å². The summed E-state index contributed by atoms with van der Waals surface area (Å²) in [6, 6.07) is 0. The van der Waals surface area contributed by atoms with Gasteiger partial charge in [0, 0.05) is 10.5 Å². The van der Waals surface area contributed by atoms with E-state index in [1.165, 1.54) is 62.4 Å². The molecular formula is C16H28N4O4S2. The van der Waals surface area contributed by atoms with E-state index in [4.69, 9.17) is 0 Å². The summed E-state index contributed by atoms with van der Waals surface area (Å²) in [4.78, 5) is 42.3. The Morgan fingerprint density at radius 2 is 0.923 bits per heavy atom. The molecule has 0 unspecified atom stereocenters. The van der Waals surface area contributed by atoms with E-state index in [1.807, 2.05) is 0 Å². The van der Waals surface area contributed by atoms with Crippen molar-refractivity contribution in [3.8, 4) is 0 Å². The quantitative estimate of drug-likeness (QED) is 0.408. The van der Waals surface area contributed by atoms with Crippen LogP contribution in [-0.4, -0.2) is 34.1 Å². The van der Waals surface area contributed by atoms with Gasteiger partial charge in [-0.3, -0.25) is 28.6 Å². The first kappa shape index (κ1) is 22.6. The summed E-state index contributed by atoms with van der Waals surface area (Å²) in [6.45, 7) is 0. The van der Waals surface area contributed by atoms with E-state index >= 15 is 0 Å². The molecule has 0 heterocycles. The van der Waals surface area contributed by atoms with Crippen LogP contribution in [0.4, 0.5) is 0 Å². The summed E-state index contributed by atoms with van der Waals surface area (Å²) in [5.74, 6) is -3.22. The summed E-state index contributed by atoms with van der Waals surface area (Å²) in [5, 5.41) is 0.956. The molecule has 0 radical (unpaired) electrons. The van der Waals surface area contributed by atoms with Crippen molar-refractivity contribution in [3.63, 3.8) is 0 Å². The minimum Gasteiger partial charge on any atom is -0.361 e. The number of hydrogen-bond donors (Lipinski definition) is 4. The van der Waals surface area contributed by atoms with Crippen LogP contribution in [0, 0.1) is 0 Å². The van der Waals surface area contributed by atoms with Crippen molar-refractivity contribution in [1.29, 1.82) is 0 Å². The van der Waals surface area contributed by atoms with Crippen LogP contribution in [0.1, 0.15) is 64.2 Å². The third-order valence-electron chi connectivity index (χ3n) is 4.19. The SMILES string of the molecule is NC(=O)C(N)=O.O=C(NSC1CCCCC1)C(=O)NSC1CCCCC1. The normalized spacial score (nSPS) is 18.2. The lowest BCUT2D eigenvalue weighted by Crippen LogP contribution is -2.36. The van der Waals surface area contributed by atoms with Crippen LogP contribution in [-0.2, 0) is 19.2 Å². The number of primary amides is 2. The van der Waals surface area contributed by atoms with Gasteiger partial charge in [-0.25, -0.2) is 0 Å². The number of carbonyl (C=O) groups is 4. The number of rotatable bonds is 4. The Morgan fingerprint density at radius 1 is 0.615 bits per heavy atom. The van der Waals surface area contributed by atoms with Crippen LogP contribution in [0.25, 0.3) is 0 Å². The summed E-state index contributed by atoms with van der Waals surface area (Å²) >= 11 is 2.85. The lowest BCUT2D eigenvalue weighted by Gasteiger charge is -2.21. The highest BCUT2D eigenvalue weighted by molar-refractivity contribution is 7.99. The molecule has 2 fully saturated rings. The van der Waals surface area contributed by atoms with Crippen molar-refractivity contribution >= 4 is 47.5 Å². The van der Waals surface area contributed by atoms with E-state index in [0.717, 1.165) is 25.7 Å². The smallest absolute Gasteiger partial charge is 0.320 e. The van der Waals surface area contributed by atoms with Gasteiger partial charge in [-0.1, -0.05) is 38.5 Å². The molecule has 0 bridgehead atoms. The molecule has 2 aliphatic rings. The third-order valence-corrected chi connectivity index (χ3v) is 6.41.